The molecule has 9 heteroatoms. The average molecular weight is 334 g/mol. The summed E-state index contributed by atoms with van der Waals surface area (Å²) in [4.78, 5) is 27.9. The van der Waals surface area contributed by atoms with Gasteiger partial charge in [0.1, 0.15) is 0 Å². The molecule has 1 N–H and O–H groups in total. The van der Waals surface area contributed by atoms with Crippen LogP contribution in [0.5, 0.6) is 0 Å². The van der Waals surface area contributed by atoms with Crippen LogP contribution in [0.15, 0.2) is 23.4 Å². The van der Waals surface area contributed by atoms with E-state index in [1.165, 1.54) is 11.0 Å². The summed E-state index contributed by atoms with van der Waals surface area (Å²) < 4.78 is 37.2. The summed E-state index contributed by atoms with van der Waals surface area (Å²) in [5.41, 5.74) is -0.841. The first-order valence-electron chi connectivity index (χ1n) is 6.44. The molecular formula is C13H13F3N2O3S. The summed E-state index contributed by atoms with van der Waals surface area (Å²) in [6.45, 7) is 0.561. The summed E-state index contributed by atoms with van der Waals surface area (Å²) in [7, 11) is 0. The molecule has 120 valence electrons. The molecule has 0 aliphatic carbocycles. The van der Waals surface area contributed by atoms with E-state index < -0.39 is 23.6 Å². The molecule has 1 aromatic heterocycles. The fraction of sp³-hybridized carbons (Fsp3) is 0.462. The van der Waals surface area contributed by atoms with Gasteiger partial charge < -0.3 is 10.0 Å². The Labute approximate surface area is 128 Å². The number of thioether (sulfide) groups is 1. The average Bonchev–Trinajstić information content (AvgIpc) is 2.94. The van der Waals surface area contributed by atoms with Gasteiger partial charge in [-0.2, -0.15) is 13.2 Å². The molecule has 0 aromatic carbocycles. The molecule has 0 bridgehead atoms. The second-order valence-electron chi connectivity index (χ2n) is 4.84. The van der Waals surface area contributed by atoms with Crippen molar-refractivity contribution in [2.45, 2.75) is 17.6 Å². The number of pyridine rings is 1. The van der Waals surface area contributed by atoms with Crippen LogP contribution in [-0.2, 0) is 15.8 Å². The Hall–Kier alpha value is -1.77. The molecular weight excluding hydrogens is 321 g/mol. The molecule has 1 amide bonds. The Morgan fingerprint density at radius 1 is 1.41 bits per heavy atom. The highest BCUT2D eigenvalue weighted by Crippen LogP contribution is 2.29. The van der Waals surface area contributed by atoms with Gasteiger partial charge in [0.25, 0.3) is 0 Å². The lowest BCUT2D eigenvalue weighted by Crippen LogP contribution is -2.31. The first kappa shape index (κ1) is 16.6. The summed E-state index contributed by atoms with van der Waals surface area (Å²) >= 11 is 1.03. The molecule has 0 saturated carbocycles. The number of carboxylic acids is 1. The van der Waals surface area contributed by atoms with Gasteiger partial charge in [0.05, 0.1) is 22.3 Å². The van der Waals surface area contributed by atoms with Crippen molar-refractivity contribution in [2.24, 2.45) is 5.92 Å². The largest absolute Gasteiger partial charge is 0.481 e. The molecule has 0 radical (unpaired) electrons. The predicted octanol–water partition coefficient (Wildman–Crippen LogP) is 2.13. The molecule has 1 saturated heterocycles. The Morgan fingerprint density at radius 2 is 2.14 bits per heavy atom. The van der Waals surface area contributed by atoms with Crippen molar-refractivity contribution in [3.8, 4) is 0 Å². The van der Waals surface area contributed by atoms with Crippen LogP contribution in [0.3, 0.4) is 0 Å². The fourth-order valence-electron chi connectivity index (χ4n) is 2.05. The van der Waals surface area contributed by atoms with E-state index in [9.17, 15) is 22.8 Å². The van der Waals surface area contributed by atoms with E-state index in [0.29, 0.717) is 18.0 Å². The van der Waals surface area contributed by atoms with E-state index in [4.69, 9.17) is 5.11 Å². The van der Waals surface area contributed by atoms with Gasteiger partial charge in [-0.3, -0.25) is 9.59 Å². The molecule has 1 aliphatic heterocycles. The van der Waals surface area contributed by atoms with E-state index in [2.05, 4.69) is 4.98 Å². The van der Waals surface area contributed by atoms with Crippen LogP contribution in [-0.4, -0.2) is 45.7 Å². The highest BCUT2D eigenvalue weighted by atomic mass is 32.2. The van der Waals surface area contributed by atoms with E-state index in [1.807, 2.05) is 0 Å². The number of carbonyl (C=O) groups is 2. The maximum atomic E-state index is 12.4. The lowest BCUT2D eigenvalue weighted by atomic mass is 10.1. The van der Waals surface area contributed by atoms with Gasteiger partial charge >= 0.3 is 12.1 Å². The van der Waals surface area contributed by atoms with Crippen LogP contribution < -0.4 is 0 Å². The minimum absolute atomic E-state index is 0.0186. The maximum absolute atomic E-state index is 12.4. The normalized spacial score (nSPS) is 18.5. The second kappa shape index (κ2) is 6.55. The van der Waals surface area contributed by atoms with Gasteiger partial charge in [-0.25, -0.2) is 4.98 Å². The maximum Gasteiger partial charge on any atom is 0.417 e. The van der Waals surface area contributed by atoms with Crippen LogP contribution in [0, 0.1) is 5.92 Å². The van der Waals surface area contributed by atoms with E-state index in [1.54, 1.807) is 0 Å². The monoisotopic (exact) mass is 334 g/mol. The molecule has 1 unspecified atom stereocenters. The van der Waals surface area contributed by atoms with Crippen LogP contribution in [0.1, 0.15) is 12.0 Å². The van der Waals surface area contributed by atoms with E-state index in [-0.39, 0.29) is 18.2 Å². The van der Waals surface area contributed by atoms with Crippen molar-refractivity contribution in [2.75, 3.05) is 18.8 Å². The third-order valence-corrected chi connectivity index (χ3v) is 4.23. The number of hydrogen-bond donors (Lipinski definition) is 1. The Kier molecular flexibility index (Phi) is 4.94. The third kappa shape index (κ3) is 4.12. The van der Waals surface area contributed by atoms with Gasteiger partial charge in [-0.1, -0.05) is 11.8 Å². The third-order valence-electron chi connectivity index (χ3n) is 3.30. The van der Waals surface area contributed by atoms with Crippen molar-refractivity contribution in [1.29, 1.82) is 0 Å². The topological polar surface area (TPSA) is 70.5 Å². The minimum Gasteiger partial charge on any atom is -0.481 e. The van der Waals surface area contributed by atoms with E-state index >= 15 is 0 Å². The zero-order valence-corrected chi connectivity index (χ0v) is 12.2. The summed E-state index contributed by atoms with van der Waals surface area (Å²) in [5, 5.41) is 9.18. The Bertz CT molecular complexity index is 563. The smallest absolute Gasteiger partial charge is 0.417 e. The van der Waals surface area contributed by atoms with Crippen molar-refractivity contribution >= 4 is 23.6 Å². The number of carbonyl (C=O) groups excluding carboxylic acids is 1. The molecule has 22 heavy (non-hydrogen) atoms. The molecule has 0 spiro atoms. The first-order chi connectivity index (χ1) is 10.3. The number of aromatic nitrogens is 1. The molecule has 1 aromatic rings. The number of hydrogen-bond acceptors (Lipinski definition) is 4. The van der Waals surface area contributed by atoms with Crippen LogP contribution in [0.25, 0.3) is 0 Å². The summed E-state index contributed by atoms with van der Waals surface area (Å²) in [5.74, 6) is -1.69. The van der Waals surface area contributed by atoms with Crippen molar-refractivity contribution in [3.05, 3.63) is 23.9 Å². The number of carboxylic acid groups (broad SMARTS) is 1. The molecule has 1 aliphatic rings. The molecule has 2 rings (SSSR count). The summed E-state index contributed by atoms with van der Waals surface area (Å²) in [6.07, 6.45) is -3.29. The second-order valence-corrected chi connectivity index (χ2v) is 5.83. The Balaban J connectivity index is 1.85. The number of alkyl halides is 3. The number of halogens is 3. The fourth-order valence-corrected chi connectivity index (χ4v) is 2.79. The van der Waals surface area contributed by atoms with Gasteiger partial charge in [0, 0.05) is 19.3 Å². The first-order valence-corrected chi connectivity index (χ1v) is 7.42. The molecule has 2 heterocycles. The highest BCUT2D eigenvalue weighted by molar-refractivity contribution is 7.99. The van der Waals surface area contributed by atoms with Gasteiger partial charge in [0.15, 0.2) is 0 Å². The number of nitrogens with zero attached hydrogens (tertiary/aromatic N) is 2. The van der Waals surface area contributed by atoms with E-state index in [0.717, 1.165) is 24.0 Å². The quantitative estimate of drug-likeness (QED) is 0.854. The SMILES string of the molecule is O=C(O)C1CCN(C(=O)CSc2ccc(C(F)(F)F)cn2)C1. The van der Waals surface area contributed by atoms with Crippen LogP contribution in [0.4, 0.5) is 13.2 Å². The minimum atomic E-state index is -4.44. The standard InChI is InChI=1S/C13H13F3N2O3S/c14-13(15,16)9-1-2-10(17-5-9)22-7-11(19)18-4-3-8(6-18)12(20)21/h1-2,5,8H,3-4,6-7H2,(H,20,21). The van der Waals surface area contributed by atoms with Crippen LogP contribution >= 0.6 is 11.8 Å². The van der Waals surface area contributed by atoms with Gasteiger partial charge in [-0.15, -0.1) is 0 Å². The lowest BCUT2D eigenvalue weighted by Gasteiger charge is -2.15. The number of amides is 1. The number of likely N-dealkylation sites (tertiary alicyclic amines) is 1. The lowest BCUT2D eigenvalue weighted by molar-refractivity contribution is -0.141. The highest BCUT2D eigenvalue weighted by Gasteiger charge is 2.31. The number of aliphatic carboxylic acids is 1. The van der Waals surface area contributed by atoms with Crippen molar-refractivity contribution < 1.29 is 27.9 Å². The summed E-state index contributed by atoms with van der Waals surface area (Å²) in [6, 6.07) is 2.13. The van der Waals surface area contributed by atoms with Crippen molar-refractivity contribution in [3.63, 3.8) is 0 Å². The van der Waals surface area contributed by atoms with Gasteiger partial charge in [0.2, 0.25) is 5.91 Å². The molecule has 1 atom stereocenters. The van der Waals surface area contributed by atoms with Crippen LogP contribution in [0.2, 0.25) is 0 Å². The zero-order valence-electron chi connectivity index (χ0n) is 11.3. The molecule has 5 nitrogen and oxygen atoms in total. The predicted molar refractivity (Wildman–Crippen MR) is 72.3 cm³/mol. The zero-order chi connectivity index (χ0) is 16.3. The molecule has 1 fully saturated rings. The van der Waals surface area contributed by atoms with Crippen molar-refractivity contribution in [1.82, 2.24) is 9.88 Å². The van der Waals surface area contributed by atoms with Gasteiger partial charge in [-0.05, 0) is 18.6 Å². The number of rotatable bonds is 4. The Morgan fingerprint density at radius 3 is 2.64 bits per heavy atom.